The molecule has 2 heterocycles. The molecule has 26 heavy (non-hydrogen) atoms. The van der Waals surface area contributed by atoms with E-state index in [0.29, 0.717) is 33.5 Å². The van der Waals surface area contributed by atoms with Crippen LogP contribution < -0.4 is 0 Å². The Morgan fingerprint density at radius 3 is 2.73 bits per heavy atom. The topological polar surface area (TPSA) is 80.5 Å². The molecule has 2 aromatic carbocycles. The molecular formula is C18H14ClN5OS. The Labute approximate surface area is 159 Å². The van der Waals surface area contributed by atoms with E-state index in [4.69, 9.17) is 16.0 Å². The van der Waals surface area contributed by atoms with E-state index in [2.05, 4.69) is 25.4 Å². The zero-order valence-electron chi connectivity index (χ0n) is 13.8. The summed E-state index contributed by atoms with van der Waals surface area (Å²) in [5.74, 6) is 2.23. The van der Waals surface area contributed by atoms with E-state index in [0.717, 1.165) is 16.7 Å². The first-order chi connectivity index (χ1) is 12.7. The quantitative estimate of drug-likeness (QED) is 0.500. The van der Waals surface area contributed by atoms with Crippen LogP contribution in [0.15, 0.2) is 58.1 Å². The number of H-pyrrole nitrogens is 1. The Morgan fingerprint density at radius 1 is 1.08 bits per heavy atom. The fraction of sp³-hybridized carbons (Fsp3) is 0.111. The van der Waals surface area contributed by atoms with Crippen molar-refractivity contribution in [3.8, 4) is 22.8 Å². The second-order valence-corrected chi connectivity index (χ2v) is 7.01. The third-order valence-electron chi connectivity index (χ3n) is 3.64. The Morgan fingerprint density at radius 2 is 1.92 bits per heavy atom. The van der Waals surface area contributed by atoms with E-state index in [9.17, 15) is 0 Å². The zero-order valence-corrected chi connectivity index (χ0v) is 15.4. The third kappa shape index (κ3) is 3.79. The van der Waals surface area contributed by atoms with Gasteiger partial charge in [0.25, 0.3) is 0 Å². The minimum absolute atomic E-state index is 0.497. The number of aromatic nitrogens is 5. The number of thioether (sulfide) groups is 1. The lowest BCUT2D eigenvalue weighted by molar-refractivity contribution is 0.528. The molecule has 0 aliphatic rings. The van der Waals surface area contributed by atoms with E-state index in [1.807, 2.05) is 55.5 Å². The lowest BCUT2D eigenvalue weighted by Crippen LogP contribution is -1.82. The van der Waals surface area contributed by atoms with Crippen LogP contribution in [0.1, 0.15) is 11.5 Å². The number of hydrogen-bond acceptors (Lipinski definition) is 6. The van der Waals surface area contributed by atoms with Crippen molar-refractivity contribution in [2.45, 2.75) is 17.8 Å². The first kappa shape index (κ1) is 16.8. The van der Waals surface area contributed by atoms with Gasteiger partial charge < -0.3 is 4.42 Å². The van der Waals surface area contributed by atoms with Crippen molar-refractivity contribution in [2.24, 2.45) is 0 Å². The minimum atomic E-state index is 0.497. The van der Waals surface area contributed by atoms with Gasteiger partial charge in [0.1, 0.15) is 0 Å². The maximum absolute atomic E-state index is 5.90. The van der Waals surface area contributed by atoms with Gasteiger partial charge in [0.05, 0.1) is 5.75 Å². The highest BCUT2D eigenvalue weighted by atomic mass is 35.5. The molecule has 1 N–H and O–H groups in total. The molecule has 8 heteroatoms. The highest BCUT2D eigenvalue weighted by molar-refractivity contribution is 7.98. The lowest BCUT2D eigenvalue weighted by atomic mass is 10.1. The molecule has 0 radical (unpaired) electrons. The largest absolute Gasteiger partial charge is 0.420 e. The van der Waals surface area contributed by atoms with Crippen molar-refractivity contribution < 1.29 is 4.42 Å². The normalized spacial score (nSPS) is 11.0. The summed E-state index contributed by atoms with van der Waals surface area (Å²) < 4.78 is 5.73. The van der Waals surface area contributed by atoms with Crippen molar-refractivity contribution in [3.63, 3.8) is 0 Å². The van der Waals surface area contributed by atoms with Gasteiger partial charge in [0.15, 0.2) is 5.82 Å². The molecule has 4 aromatic rings. The van der Waals surface area contributed by atoms with E-state index < -0.39 is 0 Å². The van der Waals surface area contributed by atoms with E-state index >= 15 is 0 Å². The molecule has 0 saturated carbocycles. The molecular weight excluding hydrogens is 370 g/mol. The lowest BCUT2D eigenvalue weighted by Gasteiger charge is -1.96. The van der Waals surface area contributed by atoms with Crippen LogP contribution in [0.3, 0.4) is 0 Å². The fourth-order valence-corrected chi connectivity index (χ4v) is 3.14. The maximum atomic E-state index is 5.90. The van der Waals surface area contributed by atoms with Crippen molar-refractivity contribution in [3.05, 3.63) is 65.0 Å². The van der Waals surface area contributed by atoms with Gasteiger partial charge in [-0.25, -0.2) is 4.98 Å². The Bertz CT molecular complexity index is 1030. The monoisotopic (exact) mass is 383 g/mol. The van der Waals surface area contributed by atoms with Gasteiger partial charge in [0, 0.05) is 16.1 Å². The predicted octanol–water partition coefficient (Wildman–Crippen LogP) is 4.78. The molecule has 4 rings (SSSR count). The average Bonchev–Trinajstić information content (AvgIpc) is 3.30. The number of aromatic amines is 1. The first-order valence-electron chi connectivity index (χ1n) is 7.88. The standard InChI is InChI=1S/C18H14ClN5OS/c1-11-3-2-4-13(9-11)17-23-21-15(25-17)10-26-18-20-16(22-24-18)12-5-7-14(19)8-6-12/h2-9H,10H2,1H3,(H,20,22,24). The second kappa shape index (κ2) is 7.31. The van der Waals surface area contributed by atoms with E-state index in [-0.39, 0.29) is 0 Å². The molecule has 0 unspecified atom stereocenters. The molecule has 130 valence electrons. The van der Waals surface area contributed by atoms with Crippen LogP contribution in [-0.4, -0.2) is 25.4 Å². The minimum Gasteiger partial charge on any atom is -0.420 e. The predicted molar refractivity (Wildman–Crippen MR) is 101 cm³/mol. The van der Waals surface area contributed by atoms with Crippen molar-refractivity contribution in [1.29, 1.82) is 0 Å². The number of benzene rings is 2. The maximum Gasteiger partial charge on any atom is 0.247 e. The summed E-state index contributed by atoms with van der Waals surface area (Å²) in [7, 11) is 0. The first-order valence-corrected chi connectivity index (χ1v) is 9.24. The number of nitrogens with zero attached hydrogens (tertiary/aromatic N) is 4. The number of aryl methyl sites for hydroxylation is 1. The zero-order chi connectivity index (χ0) is 17.9. The van der Waals surface area contributed by atoms with E-state index in [1.54, 1.807) is 0 Å². The number of halogens is 1. The fourth-order valence-electron chi connectivity index (χ4n) is 2.38. The van der Waals surface area contributed by atoms with Gasteiger partial charge in [-0.1, -0.05) is 41.1 Å². The van der Waals surface area contributed by atoms with Gasteiger partial charge in [-0.05, 0) is 43.3 Å². The van der Waals surface area contributed by atoms with Gasteiger partial charge in [-0.15, -0.1) is 15.3 Å². The molecule has 0 amide bonds. The second-order valence-electron chi connectivity index (χ2n) is 5.63. The number of nitrogens with one attached hydrogen (secondary N) is 1. The molecule has 0 spiro atoms. The van der Waals surface area contributed by atoms with Gasteiger partial charge in [0.2, 0.25) is 16.9 Å². The molecule has 0 bridgehead atoms. The van der Waals surface area contributed by atoms with Crippen LogP contribution in [0.4, 0.5) is 0 Å². The Kier molecular flexibility index (Phi) is 4.73. The summed E-state index contributed by atoms with van der Waals surface area (Å²) in [4.78, 5) is 4.47. The van der Waals surface area contributed by atoms with Crippen molar-refractivity contribution in [2.75, 3.05) is 0 Å². The molecule has 0 saturated heterocycles. The van der Waals surface area contributed by atoms with E-state index in [1.165, 1.54) is 11.8 Å². The highest BCUT2D eigenvalue weighted by Crippen LogP contribution is 2.25. The highest BCUT2D eigenvalue weighted by Gasteiger charge is 2.11. The van der Waals surface area contributed by atoms with Crippen molar-refractivity contribution in [1.82, 2.24) is 25.4 Å². The van der Waals surface area contributed by atoms with Crippen LogP contribution in [0, 0.1) is 6.92 Å². The van der Waals surface area contributed by atoms with Gasteiger partial charge in [-0.3, -0.25) is 5.10 Å². The Hall–Kier alpha value is -2.64. The molecule has 0 fully saturated rings. The Balaban J connectivity index is 1.43. The third-order valence-corrected chi connectivity index (χ3v) is 4.72. The summed E-state index contributed by atoms with van der Waals surface area (Å²) in [5.41, 5.74) is 2.98. The van der Waals surface area contributed by atoms with Crippen molar-refractivity contribution >= 4 is 23.4 Å². The molecule has 0 aliphatic carbocycles. The summed E-state index contributed by atoms with van der Waals surface area (Å²) in [6.45, 7) is 2.03. The van der Waals surface area contributed by atoms with Crippen LogP contribution in [-0.2, 0) is 5.75 Å². The van der Waals surface area contributed by atoms with Gasteiger partial charge in [-0.2, -0.15) is 0 Å². The smallest absolute Gasteiger partial charge is 0.247 e. The van der Waals surface area contributed by atoms with Crippen LogP contribution >= 0.6 is 23.4 Å². The van der Waals surface area contributed by atoms with Crippen LogP contribution in [0.2, 0.25) is 5.02 Å². The molecule has 2 aromatic heterocycles. The van der Waals surface area contributed by atoms with Crippen LogP contribution in [0.25, 0.3) is 22.8 Å². The molecule has 0 atom stereocenters. The number of rotatable bonds is 5. The summed E-state index contributed by atoms with van der Waals surface area (Å²) in [5, 5.41) is 16.6. The molecule has 6 nitrogen and oxygen atoms in total. The SMILES string of the molecule is Cc1cccc(-c2nnc(CSc3n[nH]c(-c4ccc(Cl)cc4)n3)o2)c1. The average molecular weight is 384 g/mol. The summed E-state index contributed by atoms with van der Waals surface area (Å²) >= 11 is 7.33. The summed E-state index contributed by atoms with van der Waals surface area (Å²) in [6.07, 6.45) is 0. The number of hydrogen-bond donors (Lipinski definition) is 1. The molecule has 0 aliphatic heterocycles. The van der Waals surface area contributed by atoms with Crippen LogP contribution in [0.5, 0.6) is 0 Å². The van der Waals surface area contributed by atoms with Gasteiger partial charge >= 0.3 is 0 Å². The summed E-state index contributed by atoms with van der Waals surface area (Å²) in [6, 6.07) is 15.4.